The van der Waals surface area contributed by atoms with Crippen LogP contribution in [0.1, 0.15) is 30.5 Å². The van der Waals surface area contributed by atoms with Crippen LogP contribution < -0.4 is 5.73 Å². The first kappa shape index (κ1) is 12.3. The highest BCUT2D eigenvalue weighted by Gasteiger charge is 2.25. The second-order valence-electron chi connectivity index (χ2n) is 4.69. The number of carbonyl (C=O) groups is 1. The maximum absolute atomic E-state index is 11.2. The van der Waals surface area contributed by atoms with Crippen LogP contribution in [0.15, 0.2) is 18.2 Å². The van der Waals surface area contributed by atoms with E-state index in [1.807, 2.05) is 25.1 Å². The van der Waals surface area contributed by atoms with Gasteiger partial charge in [0.05, 0.1) is 11.6 Å². The van der Waals surface area contributed by atoms with Gasteiger partial charge in [0.2, 0.25) is 5.91 Å². The molecule has 0 saturated carbocycles. The number of nitrogens with two attached hydrogens (primary N) is 1. The molecule has 3 heteroatoms. The zero-order valence-corrected chi connectivity index (χ0v) is 9.87. The second kappa shape index (κ2) is 4.36. The van der Waals surface area contributed by atoms with Crippen LogP contribution >= 0.6 is 0 Å². The number of amides is 1. The molecule has 0 bridgehead atoms. The molecule has 84 valence electrons. The molecule has 0 aliphatic heterocycles. The monoisotopic (exact) mass is 216 g/mol. The van der Waals surface area contributed by atoms with E-state index in [9.17, 15) is 4.79 Å². The van der Waals surface area contributed by atoms with Gasteiger partial charge in [-0.3, -0.25) is 4.79 Å². The minimum Gasteiger partial charge on any atom is -0.369 e. The summed E-state index contributed by atoms with van der Waals surface area (Å²) in [7, 11) is 0. The van der Waals surface area contributed by atoms with E-state index in [1.54, 1.807) is 13.8 Å². The number of nitrogens with zero attached hydrogens (tertiary/aromatic N) is 1. The summed E-state index contributed by atoms with van der Waals surface area (Å²) < 4.78 is 0. The predicted molar refractivity (Wildman–Crippen MR) is 62.6 cm³/mol. The van der Waals surface area contributed by atoms with Gasteiger partial charge in [-0.2, -0.15) is 5.26 Å². The van der Waals surface area contributed by atoms with Gasteiger partial charge < -0.3 is 5.73 Å². The van der Waals surface area contributed by atoms with Crippen molar-refractivity contribution in [3.63, 3.8) is 0 Å². The Kier molecular flexibility index (Phi) is 3.34. The number of hydrogen-bond acceptors (Lipinski definition) is 2. The summed E-state index contributed by atoms with van der Waals surface area (Å²) >= 11 is 0. The van der Waals surface area contributed by atoms with Crippen molar-refractivity contribution in [1.29, 1.82) is 5.26 Å². The molecule has 0 heterocycles. The van der Waals surface area contributed by atoms with Crippen LogP contribution in [-0.2, 0) is 11.2 Å². The van der Waals surface area contributed by atoms with Crippen molar-refractivity contribution < 1.29 is 4.79 Å². The molecule has 0 aromatic heterocycles. The van der Waals surface area contributed by atoms with E-state index >= 15 is 0 Å². The lowest BCUT2D eigenvalue weighted by atomic mass is 9.84. The molecule has 1 aromatic rings. The van der Waals surface area contributed by atoms with E-state index in [0.717, 1.165) is 11.1 Å². The van der Waals surface area contributed by atoms with Crippen molar-refractivity contribution in [2.24, 2.45) is 11.1 Å². The van der Waals surface area contributed by atoms with Gasteiger partial charge in [-0.05, 0) is 30.5 Å². The lowest BCUT2D eigenvalue weighted by Gasteiger charge is -2.20. The first-order valence-electron chi connectivity index (χ1n) is 5.16. The van der Waals surface area contributed by atoms with E-state index in [2.05, 4.69) is 6.07 Å². The zero-order chi connectivity index (χ0) is 12.3. The van der Waals surface area contributed by atoms with E-state index < -0.39 is 5.41 Å². The SMILES string of the molecule is Cc1ccc(CC(C)(C)C(N)=O)cc1C#N. The Bertz CT molecular complexity index is 455. The Morgan fingerprint density at radius 2 is 2.12 bits per heavy atom. The van der Waals surface area contributed by atoms with E-state index in [0.29, 0.717) is 12.0 Å². The Hall–Kier alpha value is -1.82. The highest BCUT2D eigenvalue weighted by atomic mass is 16.1. The fourth-order valence-corrected chi connectivity index (χ4v) is 1.50. The minimum atomic E-state index is -0.581. The van der Waals surface area contributed by atoms with E-state index in [-0.39, 0.29) is 5.91 Å². The van der Waals surface area contributed by atoms with Crippen LogP contribution in [0.4, 0.5) is 0 Å². The smallest absolute Gasteiger partial charge is 0.223 e. The highest BCUT2D eigenvalue weighted by molar-refractivity contribution is 5.80. The molecule has 2 N–H and O–H groups in total. The van der Waals surface area contributed by atoms with Crippen LogP contribution in [-0.4, -0.2) is 5.91 Å². The second-order valence-corrected chi connectivity index (χ2v) is 4.69. The molecule has 1 aromatic carbocycles. The molecule has 0 saturated heterocycles. The third-order valence-electron chi connectivity index (χ3n) is 2.74. The number of aryl methyl sites for hydroxylation is 1. The van der Waals surface area contributed by atoms with Crippen LogP contribution in [0.25, 0.3) is 0 Å². The summed E-state index contributed by atoms with van der Waals surface area (Å²) in [6, 6.07) is 7.78. The summed E-state index contributed by atoms with van der Waals surface area (Å²) in [6.45, 7) is 5.50. The van der Waals surface area contributed by atoms with Crippen molar-refractivity contribution in [2.75, 3.05) is 0 Å². The normalized spacial score (nSPS) is 10.9. The zero-order valence-electron chi connectivity index (χ0n) is 9.87. The molecular formula is C13H16N2O. The maximum atomic E-state index is 11.2. The van der Waals surface area contributed by atoms with Gasteiger partial charge in [0.15, 0.2) is 0 Å². The van der Waals surface area contributed by atoms with Crippen LogP contribution in [0.3, 0.4) is 0 Å². The molecule has 1 amide bonds. The summed E-state index contributed by atoms with van der Waals surface area (Å²) in [5.41, 5.74) is 7.30. The largest absolute Gasteiger partial charge is 0.369 e. The number of benzene rings is 1. The number of primary amides is 1. The maximum Gasteiger partial charge on any atom is 0.223 e. The Morgan fingerprint density at radius 3 is 2.62 bits per heavy atom. The third-order valence-corrected chi connectivity index (χ3v) is 2.74. The van der Waals surface area contributed by atoms with Gasteiger partial charge in [-0.15, -0.1) is 0 Å². The Labute approximate surface area is 95.9 Å². The van der Waals surface area contributed by atoms with Gasteiger partial charge in [0.25, 0.3) is 0 Å². The van der Waals surface area contributed by atoms with Crippen LogP contribution in [0.2, 0.25) is 0 Å². The fraction of sp³-hybridized carbons (Fsp3) is 0.385. The van der Waals surface area contributed by atoms with Crippen molar-refractivity contribution in [2.45, 2.75) is 27.2 Å². The van der Waals surface area contributed by atoms with Gasteiger partial charge in [0, 0.05) is 5.41 Å². The highest BCUT2D eigenvalue weighted by Crippen LogP contribution is 2.22. The van der Waals surface area contributed by atoms with Crippen LogP contribution in [0.5, 0.6) is 0 Å². The summed E-state index contributed by atoms with van der Waals surface area (Å²) in [5, 5.41) is 8.91. The molecule has 0 aliphatic carbocycles. The van der Waals surface area contributed by atoms with Crippen molar-refractivity contribution in [3.05, 3.63) is 34.9 Å². The first-order chi connectivity index (χ1) is 7.36. The number of rotatable bonds is 3. The quantitative estimate of drug-likeness (QED) is 0.838. The van der Waals surface area contributed by atoms with E-state index in [1.165, 1.54) is 0 Å². The third kappa shape index (κ3) is 2.60. The first-order valence-corrected chi connectivity index (χ1v) is 5.16. The van der Waals surface area contributed by atoms with Gasteiger partial charge in [0.1, 0.15) is 0 Å². The van der Waals surface area contributed by atoms with Gasteiger partial charge in [-0.25, -0.2) is 0 Å². The Morgan fingerprint density at radius 1 is 1.50 bits per heavy atom. The van der Waals surface area contributed by atoms with E-state index in [4.69, 9.17) is 11.0 Å². The summed E-state index contributed by atoms with van der Waals surface area (Å²) in [4.78, 5) is 11.2. The minimum absolute atomic E-state index is 0.327. The fourth-order valence-electron chi connectivity index (χ4n) is 1.50. The molecule has 0 fully saturated rings. The lowest BCUT2D eigenvalue weighted by molar-refractivity contribution is -0.125. The molecule has 0 aliphatic rings. The van der Waals surface area contributed by atoms with Crippen molar-refractivity contribution in [3.8, 4) is 6.07 Å². The molecule has 0 radical (unpaired) electrons. The lowest BCUT2D eigenvalue weighted by Crippen LogP contribution is -2.33. The Balaban J connectivity index is 3.00. The number of nitriles is 1. The average molecular weight is 216 g/mol. The summed E-state index contributed by atoms with van der Waals surface area (Å²) in [6.07, 6.45) is 0.553. The molecule has 1 rings (SSSR count). The predicted octanol–water partition coefficient (Wildman–Crippen LogP) is 1.92. The summed E-state index contributed by atoms with van der Waals surface area (Å²) in [5.74, 6) is -0.327. The number of hydrogen-bond donors (Lipinski definition) is 1. The molecule has 16 heavy (non-hydrogen) atoms. The standard InChI is InChI=1S/C13H16N2O/c1-9-4-5-10(6-11(9)8-14)7-13(2,3)12(15)16/h4-6H,7H2,1-3H3,(H2,15,16). The molecule has 3 nitrogen and oxygen atoms in total. The molecule has 0 spiro atoms. The number of carbonyl (C=O) groups excluding carboxylic acids is 1. The van der Waals surface area contributed by atoms with Crippen molar-refractivity contribution in [1.82, 2.24) is 0 Å². The molecule has 0 unspecified atom stereocenters. The average Bonchev–Trinajstić information content (AvgIpc) is 2.20. The topological polar surface area (TPSA) is 66.9 Å². The van der Waals surface area contributed by atoms with Gasteiger partial charge in [-0.1, -0.05) is 26.0 Å². The van der Waals surface area contributed by atoms with Crippen LogP contribution in [0, 0.1) is 23.7 Å². The molecule has 0 atom stereocenters. The molecular weight excluding hydrogens is 200 g/mol. The van der Waals surface area contributed by atoms with Gasteiger partial charge >= 0.3 is 0 Å². The van der Waals surface area contributed by atoms with Crippen molar-refractivity contribution >= 4 is 5.91 Å².